The van der Waals surface area contributed by atoms with Gasteiger partial charge in [-0.05, 0) is 18.8 Å². The van der Waals surface area contributed by atoms with E-state index < -0.39 is 12.0 Å². The molecule has 2 amide bonds. The highest BCUT2D eigenvalue weighted by atomic mass is 16.4. The van der Waals surface area contributed by atoms with E-state index in [9.17, 15) is 9.59 Å². The number of nitrogens with zero attached hydrogens (tertiary/aromatic N) is 1. The summed E-state index contributed by atoms with van der Waals surface area (Å²) in [5.74, 6) is -0.772. The summed E-state index contributed by atoms with van der Waals surface area (Å²) >= 11 is 0. The van der Waals surface area contributed by atoms with E-state index in [4.69, 9.17) is 10.2 Å². The molecule has 0 bridgehead atoms. The lowest BCUT2D eigenvalue weighted by Gasteiger charge is -2.31. The number of aliphatic hydroxyl groups is 1. The van der Waals surface area contributed by atoms with Gasteiger partial charge >= 0.3 is 12.0 Å². The molecule has 0 aliphatic heterocycles. The second-order valence-electron chi connectivity index (χ2n) is 5.84. The van der Waals surface area contributed by atoms with Crippen molar-refractivity contribution in [1.82, 2.24) is 10.2 Å². The van der Waals surface area contributed by atoms with Crippen molar-refractivity contribution < 1.29 is 19.8 Å². The van der Waals surface area contributed by atoms with Crippen LogP contribution in [0.3, 0.4) is 0 Å². The Hall–Kier alpha value is -1.30. The maximum atomic E-state index is 12.3. The molecule has 0 heterocycles. The summed E-state index contributed by atoms with van der Waals surface area (Å²) in [6.45, 7) is 4.45. The molecule has 116 valence electrons. The van der Waals surface area contributed by atoms with Gasteiger partial charge in [0.15, 0.2) is 0 Å². The first-order chi connectivity index (χ1) is 9.45. The topological polar surface area (TPSA) is 89.9 Å². The molecule has 6 heteroatoms. The van der Waals surface area contributed by atoms with Crippen molar-refractivity contribution in [3.8, 4) is 0 Å². The maximum Gasteiger partial charge on any atom is 0.326 e. The molecule has 0 aromatic heterocycles. The third-order valence-corrected chi connectivity index (χ3v) is 3.60. The Balaban J connectivity index is 2.68. The summed E-state index contributed by atoms with van der Waals surface area (Å²) in [4.78, 5) is 25.1. The van der Waals surface area contributed by atoms with E-state index in [0.717, 1.165) is 25.7 Å². The summed E-state index contributed by atoms with van der Waals surface area (Å²) < 4.78 is 0. The summed E-state index contributed by atoms with van der Waals surface area (Å²) in [5.41, 5.74) is 0. The highest BCUT2D eigenvalue weighted by molar-refractivity contribution is 5.82. The number of amides is 2. The SMILES string of the molecule is CC(C)CN(C(=O)N[C@H](CCO)C(=O)O)C1CCCC1. The first-order valence-corrected chi connectivity index (χ1v) is 7.36. The summed E-state index contributed by atoms with van der Waals surface area (Å²) in [6, 6.07) is -1.14. The molecule has 3 N–H and O–H groups in total. The number of hydrogen-bond donors (Lipinski definition) is 3. The molecule has 1 fully saturated rings. The van der Waals surface area contributed by atoms with Crippen molar-refractivity contribution in [1.29, 1.82) is 0 Å². The number of urea groups is 1. The molecule has 1 aliphatic rings. The van der Waals surface area contributed by atoms with Crippen molar-refractivity contribution >= 4 is 12.0 Å². The van der Waals surface area contributed by atoms with Gasteiger partial charge in [-0.25, -0.2) is 9.59 Å². The number of carboxylic acids is 1. The van der Waals surface area contributed by atoms with Crippen molar-refractivity contribution in [2.45, 2.75) is 58.0 Å². The number of carboxylic acid groups (broad SMARTS) is 1. The largest absolute Gasteiger partial charge is 0.480 e. The van der Waals surface area contributed by atoms with E-state index in [1.54, 1.807) is 4.90 Å². The van der Waals surface area contributed by atoms with Crippen LogP contribution in [0.2, 0.25) is 0 Å². The van der Waals surface area contributed by atoms with Crippen molar-refractivity contribution in [3.05, 3.63) is 0 Å². The zero-order valence-electron chi connectivity index (χ0n) is 12.3. The Morgan fingerprint density at radius 1 is 1.30 bits per heavy atom. The molecule has 0 radical (unpaired) electrons. The lowest BCUT2D eigenvalue weighted by Crippen LogP contribution is -2.52. The van der Waals surface area contributed by atoms with Crippen LogP contribution in [0.15, 0.2) is 0 Å². The minimum atomic E-state index is -1.11. The number of hydrogen-bond acceptors (Lipinski definition) is 3. The molecule has 0 aromatic carbocycles. The average molecular weight is 286 g/mol. The predicted molar refractivity (Wildman–Crippen MR) is 75.5 cm³/mol. The van der Waals surface area contributed by atoms with E-state index in [1.807, 2.05) is 13.8 Å². The van der Waals surface area contributed by atoms with Gasteiger partial charge in [-0.15, -0.1) is 0 Å². The monoisotopic (exact) mass is 286 g/mol. The normalized spacial score (nSPS) is 17.2. The quantitative estimate of drug-likeness (QED) is 0.660. The highest BCUT2D eigenvalue weighted by Crippen LogP contribution is 2.24. The van der Waals surface area contributed by atoms with E-state index in [0.29, 0.717) is 12.5 Å². The zero-order valence-corrected chi connectivity index (χ0v) is 12.3. The lowest BCUT2D eigenvalue weighted by molar-refractivity contribution is -0.139. The van der Waals surface area contributed by atoms with Crippen LogP contribution in [0.1, 0.15) is 46.0 Å². The zero-order chi connectivity index (χ0) is 15.1. The number of rotatable bonds is 7. The van der Waals surface area contributed by atoms with Gasteiger partial charge in [0.05, 0.1) is 0 Å². The third-order valence-electron chi connectivity index (χ3n) is 3.60. The van der Waals surface area contributed by atoms with Gasteiger partial charge < -0.3 is 20.4 Å². The number of nitrogens with one attached hydrogen (secondary N) is 1. The number of aliphatic carboxylic acids is 1. The van der Waals surface area contributed by atoms with Crippen LogP contribution in [-0.2, 0) is 4.79 Å². The molecule has 0 saturated heterocycles. The van der Waals surface area contributed by atoms with E-state index in [1.165, 1.54) is 0 Å². The third kappa shape index (κ3) is 5.00. The van der Waals surface area contributed by atoms with Crippen LogP contribution in [0.4, 0.5) is 4.79 Å². The van der Waals surface area contributed by atoms with Gasteiger partial charge in [0.2, 0.25) is 0 Å². The smallest absolute Gasteiger partial charge is 0.326 e. The van der Waals surface area contributed by atoms with Crippen molar-refractivity contribution in [2.75, 3.05) is 13.2 Å². The molecular formula is C14H26N2O4. The van der Waals surface area contributed by atoms with E-state index in [-0.39, 0.29) is 25.1 Å². The number of aliphatic hydroxyl groups excluding tert-OH is 1. The minimum absolute atomic E-state index is 0.0290. The van der Waals surface area contributed by atoms with Gasteiger partial charge in [-0.3, -0.25) is 0 Å². The lowest BCUT2D eigenvalue weighted by atomic mass is 10.1. The van der Waals surface area contributed by atoms with Crippen LogP contribution in [0.5, 0.6) is 0 Å². The summed E-state index contributed by atoms with van der Waals surface area (Å²) in [7, 11) is 0. The fourth-order valence-electron chi connectivity index (χ4n) is 2.63. The van der Waals surface area contributed by atoms with Crippen LogP contribution in [-0.4, -0.2) is 52.3 Å². The van der Waals surface area contributed by atoms with Gasteiger partial charge in [0.1, 0.15) is 6.04 Å². The number of carbonyl (C=O) groups excluding carboxylic acids is 1. The van der Waals surface area contributed by atoms with Gasteiger partial charge in [0, 0.05) is 25.6 Å². The first kappa shape index (κ1) is 16.8. The summed E-state index contributed by atoms with van der Waals surface area (Å²) in [6.07, 6.45) is 4.23. The van der Waals surface area contributed by atoms with Gasteiger partial charge in [0.25, 0.3) is 0 Å². The van der Waals surface area contributed by atoms with Crippen LogP contribution < -0.4 is 5.32 Å². The molecule has 0 unspecified atom stereocenters. The molecule has 20 heavy (non-hydrogen) atoms. The molecule has 1 aliphatic carbocycles. The Morgan fingerprint density at radius 2 is 1.90 bits per heavy atom. The molecule has 1 atom stereocenters. The Bertz CT molecular complexity index is 327. The van der Waals surface area contributed by atoms with Crippen molar-refractivity contribution in [3.63, 3.8) is 0 Å². The molecule has 1 saturated carbocycles. The second-order valence-corrected chi connectivity index (χ2v) is 5.84. The highest BCUT2D eigenvalue weighted by Gasteiger charge is 2.29. The Morgan fingerprint density at radius 3 is 2.35 bits per heavy atom. The van der Waals surface area contributed by atoms with Crippen LogP contribution in [0, 0.1) is 5.92 Å². The average Bonchev–Trinajstić information content (AvgIpc) is 2.88. The summed E-state index contributed by atoms with van der Waals surface area (Å²) in [5, 5.41) is 20.4. The maximum absolute atomic E-state index is 12.3. The standard InChI is InChI=1S/C14H26N2O4/c1-10(2)9-16(11-5-3-4-6-11)14(20)15-12(7-8-17)13(18)19/h10-12,17H,3-9H2,1-2H3,(H,15,20)(H,18,19)/t12-/m1/s1. The van der Waals surface area contributed by atoms with Crippen molar-refractivity contribution in [2.24, 2.45) is 5.92 Å². The fourth-order valence-corrected chi connectivity index (χ4v) is 2.63. The first-order valence-electron chi connectivity index (χ1n) is 7.36. The molecule has 1 rings (SSSR count). The van der Waals surface area contributed by atoms with E-state index >= 15 is 0 Å². The fraction of sp³-hybridized carbons (Fsp3) is 0.857. The molecule has 0 spiro atoms. The van der Waals surface area contributed by atoms with Crippen LogP contribution >= 0.6 is 0 Å². The Labute approximate surface area is 120 Å². The van der Waals surface area contributed by atoms with Gasteiger partial charge in [-0.2, -0.15) is 0 Å². The second kappa shape index (κ2) is 8.09. The Kier molecular flexibility index (Phi) is 6.78. The van der Waals surface area contributed by atoms with E-state index in [2.05, 4.69) is 5.32 Å². The van der Waals surface area contributed by atoms with Gasteiger partial charge in [-0.1, -0.05) is 26.7 Å². The number of carbonyl (C=O) groups is 2. The molecular weight excluding hydrogens is 260 g/mol. The van der Waals surface area contributed by atoms with Crippen LogP contribution in [0.25, 0.3) is 0 Å². The predicted octanol–water partition coefficient (Wildman–Crippen LogP) is 1.43. The molecule has 0 aromatic rings. The minimum Gasteiger partial charge on any atom is -0.480 e. The molecule has 6 nitrogen and oxygen atoms in total.